The minimum absolute atomic E-state index is 0.0120. The third-order valence-electron chi connectivity index (χ3n) is 9.39. The molecule has 11 nitrogen and oxygen atoms in total. The summed E-state index contributed by atoms with van der Waals surface area (Å²) < 4.78 is 30.6. The molecule has 44 heavy (non-hydrogen) atoms. The molecule has 3 fully saturated rings. The van der Waals surface area contributed by atoms with Crippen LogP contribution in [0.5, 0.6) is 0 Å². The van der Waals surface area contributed by atoms with Crippen LogP contribution in [0.25, 0.3) is 0 Å². The molecule has 2 aromatic rings. The molecular formula is C33H38O11. The predicted molar refractivity (Wildman–Crippen MR) is 153 cm³/mol. The number of aliphatic hydroxyl groups excluding tert-OH is 1. The first-order valence-electron chi connectivity index (χ1n) is 14.6. The Morgan fingerprint density at radius 1 is 0.818 bits per heavy atom. The number of ether oxygens (including phenoxy) is 5. The van der Waals surface area contributed by atoms with Crippen molar-refractivity contribution in [3.05, 3.63) is 71.8 Å². The van der Waals surface area contributed by atoms with Gasteiger partial charge in [-0.15, -0.1) is 0 Å². The van der Waals surface area contributed by atoms with E-state index in [1.165, 1.54) is 13.8 Å². The fourth-order valence-electron chi connectivity index (χ4n) is 7.68. The average molecular weight is 611 g/mol. The molecule has 2 aromatic carbocycles. The number of esters is 4. The molecule has 3 aliphatic rings. The molecule has 0 radical (unpaired) electrons. The lowest BCUT2D eigenvalue weighted by atomic mass is 9.46. The maximum atomic E-state index is 13.6. The fraction of sp³-hybridized carbons (Fsp3) is 0.515. The van der Waals surface area contributed by atoms with Crippen LogP contribution in [0.4, 0.5) is 0 Å². The summed E-state index contributed by atoms with van der Waals surface area (Å²) in [6.45, 7) is 6.65. The summed E-state index contributed by atoms with van der Waals surface area (Å²) in [5.74, 6) is -3.59. The minimum atomic E-state index is -2.01. The van der Waals surface area contributed by atoms with Crippen molar-refractivity contribution in [2.24, 2.45) is 11.3 Å². The fourth-order valence-corrected chi connectivity index (χ4v) is 7.68. The van der Waals surface area contributed by atoms with Gasteiger partial charge in [-0.3, -0.25) is 9.59 Å². The summed E-state index contributed by atoms with van der Waals surface area (Å²) in [5, 5.41) is 23.9. The Balaban J connectivity index is 1.75. The molecule has 2 N–H and O–H groups in total. The van der Waals surface area contributed by atoms with E-state index >= 15 is 0 Å². The van der Waals surface area contributed by atoms with Gasteiger partial charge >= 0.3 is 23.9 Å². The lowest BCUT2D eigenvalue weighted by Gasteiger charge is -2.65. The van der Waals surface area contributed by atoms with Crippen LogP contribution in [0.15, 0.2) is 60.7 Å². The quantitative estimate of drug-likeness (QED) is 0.351. The Kier molecular flexibility index (Phi) is 8.11. The second kappa shape index (κ2) is 11.3. The lowest BCUT2D eigenvalue weighted by Crippen LogP contribution is -2.83. The predicted octanol–water partition coefficient (Wildman–Crippen LogP) is 3.00. The van der Waals surface area contributed by atoms with E-state index in [0.29, 0.717) is 0 Å². The Hall–Kier alpha value is -3.80. The van der Waals surface area contributed by atoms with Crippen LogP contribution in [0.3, 0.4) is 0 Å². The third-order valence-corrected chi connectivity index (χ3v) is 9.39. The van der Waals surface area contributed by atoms with Crippen molar-refractivity contribution in [3.63, 3.8) is 0 Å². The Labute approximate surface area is 255 Å². The van der Waals surface area contributed by atoms with Crippen molar-refractivity contribution in [1.29, 1.82) is 0 Å². The molecule has 236 valence electrons. The Morgan fingerprint density at radius 3 is 1.89 bits per heavy atom. The zero-order chi connectivity index (χ0) is 32.1. The third kappa shape index (κ3) is 4.96. The maximum absolute atomic E-state index is 13.6. The first kappa shape index (κ1) is 31.6. The Bertz CT molecular complexity index is 1420. The van der Waals surface area contributed by atoms with Crippen LogP contribution in [-0.2, 0) is 33.3 Å². The highest BCUT2D eigenvalue weighted by Crippen LogP contribution is 2.69. The van der Waals surface area contributed by atoms with Gasteiger partial charge in [0, 0.05) is 26.2 Å². The number of hydrogen-bond acceptors (Lipinski definition) is 11. The standard InChI is InChI=1S/C33H38O11/c1-19(34)40-18-32-25(42-28(37)21-12-8-6-9-13-21)16-23-26(43-29(38)22-14-10-7-11-15-22)33(32,44-30(23,3)4)31(5,39)17-24(36)27(32)41-20(2)35/h6-15,23-27,36,39H,16-18H2,1-5H3/t23-,24+,25+,26-,27+,31+,32-,33+/m1/s1. The molecular weight excluding hydrogens is 572 g/mol. The molecule has 0 unspecified atom stereocenters. The highest BCUT2D eigenvalue weighted by atomic mass is 16.6. The molecule has 1 saturated heterocycles. The molecule has 0 aromatic heterocycles. The van der Waals surface area contributed by atoms with E-state index < -0.39 is 83.0 Å². The van der Waals surface area contributed by atoms with Crippen LogP contribution >= 0.6 is 0 Å². The summed E-state index contributed by atoms with van der Waals surface area (Å²) in [7, 11) is 0. The first-order valence-corrected chi connectivity index (χ1v) is 14.6. The zero-order valence-electron chi connectivity index (χ0n) is 25.4. The van der Waals surface area contributed by atoms with Crippen molar-refractivity contribution in [1.82, 2.24) is 0 Å². The number of hydrogen-bond donors (Lipinski definition) is 2. The smallest absolute Gasteiger partial charge is 0.338 e. The van der Waals surface area contributed by atoms with E-state index in [-0.39, 0.29) is 24.0 Å². The molecule has 1 spiro atoms. The van der Waals surface area contributed by atoms with E-state index in [9.17, 15) is 29.4 Å². The molecule has 2 aliphatic carbocycles. The van der Waals surface area contributed by atoms with Gasteiger partial charge in [0.05, 0.1) is 28.4 Å². The normalized spacial score (nSPS) is 35.1. The van der Waals surface area contributed by atoms with Crippen LogP contribution in [-0.4, -0.2) is 81.9 Å². The van der Waals surface area contributed by atoms with Gasteiger partial charge in [0.2, 0.25) is 0 Å². The van der Waals surface area contributed by atoms with Gasteiger partial charge in [-0.2, -0.15) is 0 Å². The summed E-state index contributed by atoms with van der Waals surface area (Å²) in [6.07, 6.45) is -5.87. The van der Waals surface area contributed by atoms with Gasteiger partial charge in [0.25, 0.3) is 0 Å². The van der Waals surface area contributed by atoms with E-state index in [1.807, 2.05) is 0 Å². The second-order valence-corrected chi connectivity index (χ2v) is 12.6. The number of carbonyl (C=O) groups is 4. The SMILES string of the molecule is CC(=O)OC[C@]12[C@@H](OC(=O)c3ccccc3)C[C@@H]3[C@@H](OC(=O)c4ccccc4)[C@]1(OC3(C)C)[C@@](C)(O)C[C@H](O)[C@@H]2OC(C)=O. The number of aliphatic hydroxyl groups is 2. The largest absolute Gasteiger partial charge is 0.465 e. The highest BCUT2D eigenvalue weighted by Gasteiger charge is 2.86. The van der Waals surface area contributed by atoms with Crippen molar-refractivity contribution in [3.8, 4) is 0 Å². The minimum Gasteiger partial charge on any atom is -0.465 e. The van der Waals surface area contributed by atoms with Gasteiger partial charge in [-0.25, -0.2) is 9.59 Å². The monoisotopic (exact) mass is 610 g/mol. The molecule has 2 bridgehead atoms. The summed E-state index contributed by atoms with van der Waals surface area (Å²) in [6, 6.07) is 16.5. The summed E-state index contributed by atoms with van der Waals surface area (Å²) in [4.78, 5) is 52.1. The zero-order valence-corrected chi connectivity index (χ0v) is 25.4. The van der Waals surface area contributed by atoms with E-state index in [2.05, 4.69) is 0 Å². The average Bonchev–Trinajstić information content (AvgIpc) is 3.13. The van der Waals surface area contributed by atoms with E-state index in [4.69, 9.17) is 23.7 Å². The van der Waals surface area contributed by atoms with Crippen LogP contribution in [0.2, 0.25) is 0 Å². The van der Waals surface area contributed by atoms with Gasteiger partial charge < -0.3 is 33.9 Å². The lowest BCUT2D eigenvalue weighted by molar-refractivity contribution is -0.354. The number of rotatable bonds is 7. The molecule has 2 saturated carbocycles. The van der Waals surface area contributed by atoms with Gasteiger partial charge in [0.1, 0.15) is 30.3 Å². The van der Waals surface area contributed by atoms with E-state index in [0.717, 1.165) is 6.92 Å². The maximum Gasteiger partial charge on any atom is 0.338 e. The van der Waals surface area contributed by atoms with Crippen LogP contribution in [0, 0.1) is 11.3 Å². The summed E-state index contributed by atoms with van der Waals surface area (Å²) in [5.41, 5.74) is -6.58. The molecule has 0 amide bonds. The number of fused-ring (bicyclic) bond motifs is 1. The topological polar surface area (TPSA) is 155 Å². The molecule has 1 heterocycles. The van der Waals surface area contributed by atoms with Gasteiger partial charge in [-0.1, -0.05) is 36.4 Å². The van der Waals surface area contributed by atoms with E-state index in [1.54, 1.807) is 74.5 Å². The van der Waals surface area contributed by atoms with Gasteiger partial charge in [0.15, 0.2) is 5.60 Å². The van der Waals surface area contributed by atoms with Crippen LogP contribution < -0.4 is 0 Å². The summed E-state index contributed by atoms with van der Waals surface area (Å²) >= 11 is 0. The molecule has 11 heteroatoms. The first-order chi connectivity index (χ1) is 20.7. The van der Waals surface area contributed by atoms with Crippen molar-refractivity contribution in [2.45, 2.75) is 88.7 Å². The van der Waals surface area contributed by atoms with Crippen molar-refractivity contribution < 1.29 is 53.1 Å². The van der Waals surface area contributed by atoms with Crippen molar-refractivity contribution in [2.75, 3.05) is 6.61 Å². The number of carbonyl (C=O) groups excluding carboxylic acids is 4. The Morgan fingerprint density at radius 2 is 1.36 bits per heavy atom. The number of benzene rings is 2. The molecule has 5 rings (SSSR count). The molecule has 8 atom stereocenters. The van der Waals surface area contributed by atoms with Crippen molar-refractivity contribution >= 4 is 23.9 Å². The van der Waals surface area contributed by atoms with Gasteiger partial charge in [-0.05, 0) is 51.5 Å². The molecule has 1 aliphatic heterocycles. The van der Waals surface area contributed by atoms with Crippen LogP contribution in [0.1, 0.15) is 68.2 Å². The second-order valence-electron chi connectivity index (χ2n) is 12.6. The highest BCUT2D eigenvalue weighted by molar-refractivity contribution is 5.90.